The van der Waals surface area contributed by atoms with Crippen molar-refractivity contribution in [3.63, 3.8) is 0 Å². The Hall–Kier alpha value is -1.83. The molecule has 21 heavy (non-hydrogen) atoms. The Kier molecular flexibility index (Phi) is 3.71. The minimum atomic E-state index is -0.108. The lowest BCUT2D eigenvalue weighted by molar-refractivity contribution is 0.802. The van der Waals surface area contributed by atoms with Gasteiger partial charge >= 0.3 is 0 Å². The van der Waals surface area contributed by atoms with E-state index in [1.54, 1.807) is 12.4 Å². The van der Waals surface area contributed by atoms with Crippen molar-refractivity contribution in [1.29, 1.82) is 0 Å². The third-order valence-corrected chi connectivity index (χ3v) is 4.22. The monoisotopic (exact) mass is 392 g/mol. The van der Waals surface area contributed by atoms with Crippen molar-refractivity contribution in [3.8, 4) is 11.4 Å². The Labute approximate surface area is 135 Å². The fourth-order valence-electron chi connectivity index (χ4n) is 2.11. The first-order valence-corrected chi connectivity index (χ1v) is 7.65. The molecule has 0 amide bonds. The minimum absolute atomic E-state index is 0.108. The van der Waals surface area contributed by atoms with E-state index in [1.165, 1.54) is 0 Å². The van der Waals surface area contributed by atoms with Crippen molar-refractivity contribution in [3.05, 3.63) is 50.2 Å². The highest BCUT2D eigenvalue weighted by molar-refractivity contribution is 14.1. The van der Waals surface area contributed by atoms with Crippen LogP contribution in [-0.4, -0.2) is 19.9 Å². The van der Waals surface area contributed by atoms with Crippen LogP contribution in [0.4, 0.5) is 0 Å². The summed E-state index contributed by atoms with van der Waals surface area (Å²) in [5.41, 5.74) is 3.14. The number of hydrogen-bond donors (Lipinski definition) is 1. The normalized spacial score (nSPS) is 11.2. The Bertz CT molecular complexity index is 873. The molecule has 2 heterocycles. The van der Waals surface area contributed by atoms with Gasteiger partial charge in [-0.1, -0.05) is 13.8 Å². The number of nitrogens with one attached hydrogen (secondary N) is 1. The first kappa shape index (κ1) is 14.1. The quantitative estimate of drug-likeness (QED) is 0.681. The van der Waals surface area contributed by atoms with Gasteiger partial charge in [-0.25, -0.2) is 4.98 Å². The van der Waals surface area contributed by atoms with Crippen molar-refractivity contribution in [2.45, 2.75) is 19.8 Å². The summed E-state index contributed by atoms with van der Waals surface area (Å²) >= 11 is 2.04. The van der Waals surface area contributed by atoms with Crippen LogP contribution in [0.1, 0.15) is 25.5 Å². The Morgan fingerprint density at radius 1 is 1.14 bits per heavy atom. The second-order valence-corrected chi connectivity index (χ2v) is 6.11. The average Bonchev–Trinajstić information content (AvgIpc) is 2.49. The highest BCUT2D eigenvalue weighted by Crippen LogP contribution is 2.22. The maximum Gasteiger partial charge on any atom is 0.264 e. The van der Waals surface area contributed by atoms with Crippen LogP contribution in [0.3, 0.4) is 0 Å². The molecular weight excluding hydrogens is 379 g/mol. The topological polar surface area (TPSA) is 71.5 Å². The summed E-state index contributed by atoms with van der Waals surface area (Å²) in [4.78, 5) is 28.0. The fourth-order valence-corrected chi connectivity index (χ4v) is 2.98. The largest absolute Gasteiger partial charge is 0.306 e. The van der Waals surface area contributed by atoms with E-state index in [4.69, 9.17) is 0 Å². The SMILES string of the molecule is CC(C)c1nc(-c2ccc3nccnc3c2)[nH]c(=O)c1I. The fraction of sp³-hybridized carbons (Fsp3) is 0.200. The van der Waals surface area contributed by atoms with Gasteiger partial charge in [-0.3, -0.25) is 14.8 Å². The molecule has 1 aromatic carbocycles. The zero-order valence-corrected chi connectivity index (χ0v) is 13.7. The van der Waals surface area contributed by atoms with E-state index in [0.717, 1.165) is 22.3 Å². The molecule has 3 aromatic rings. The van der Waals surface area contributed by atoms with Gasteiger partial charge in [-0.15, -0.1) is 0 Å². The number of aromatic amines is 1. The Morgan fingerprint density at radius 3 is 2.57 bits per heavy atom. The molecule has 1 N–H and O–H groups in total. The maximum atomic E-state index is 12.1. The lowest BCUT2D eigenvalue weighted by atomic mass is 10.1. The van der Waals surface area contributed by atoms with E-state index in [1.807, 2.05) is 54.6 Å². The van der Waals surface area contributed by atoms with E-state index in [-0.39, 0.29) is 11.5 Å². The van der Waals surface area contributed by atoms with Crippen LogP contribution in [0.15, 0.2) is 35.4 Å². The number of rotatable bonds is 2. The van der Waals surface area contributed by atoms with Crippen molar-refractivity contribution in [2.75, 3.05) is 0 Å². The maximum absolute atomic E-state index is 12.1. The van der Waals surface area contributed by atoms with Gasteiger partial charge in [0.25, 0.3) is 5.56 Å². The number of aromatic nitrogens is 4. The standard InChI is InChI=1S/C15H13IN4O/c1-8(2)13-12(16)15(21)20-14(19-13)9-3-4-10-11(7-9)18-6-5-17-10/h3-8H,1-2H3,(H,19,20,21). The van der Waals surface area contributed by atoms with E-state index < -0.39 is 0 Å². The van der Waals surface area contributed by atoms with Gasteiger partial charge in [-0.05, 0) is 46.7 Å². The van der Waals surface area contributed by atoms with Gasteiger partial charge < -0.3 is 4.98 Å². The van der Waals surface area contributed by atoms with Crippen LogP contribution in [0.5, 0.6) is 0 Å². The highest BCUT2D eigenvalue weighted by Gasteiger charge is 2.13. The van der Waals surface area contributed by atoms with Crippen LogP contribution >= 0.6 is 22.6 Å². The predicted octanol–water partition coefficient (Wildman–Crippen LogP) is 3.11. The summed E-state index contributed by atoms with van der Waals surface area (Å²) in [7, 11) is 0. The number of H-pyrrole nitrogens is 1. The van der Waals surface area contributed by atoms with Gasteiger partial charge in [-0.2, -0.15) is 0 Å². The minimum Gasteiger partial charge on any atom is -0.306 e. The summed E-state index contributed by atoms with van der Waals surface area (Å²) in [5.74, 6) is 0.759. The summed E-state index contributed by atoms with van der Waals surface area (Å²) in [6, 6.07) is 5.66. The summed E-state index contributed by atoms with van der Waals surface area (Å²) < 4.78 is 0.645. The number of fused-ring (bicyclic) bond motifs is 1. The van der Waals surface area contributed by atoms with Gasteiger partial charge in [0.15, 0.2) is 0 Å². The van der Waals surface area contributed by atoms with E-state index >= 15 is 0 Å². The summed E-state index contributed by atoms with van der Waals surface area (Å²) in [5, 5.41) is 0. The molecule has 106 valence electrons. The third kappa shape index (κ3) is 2.67. The summed E-state index contributed by atoms with van der Waals surface area (Å²) in [6.45, 7) is 4.05. The molecule has 0 fully saturated rings. The van der Waals surface area contributed by atoms with Crippen molar-refractivity contribution in [2.24, 2.45) is 0 Å². The molecule has 0 atom stereocenters. The lowest BCUT2D eigenvalue weighted by Gasteiger charge is -2.09. The lowest BCUT2D eigenvalue weighted by Crippen LogP contribution is -2.17. The van der Waals surface area contributed by atoms with Gasteiger partial charge in [0.1, 0.15) is 5.82 Å². The summed E-state index contributed by atoms with van der Waals surface area (Å²) in [6.07, 6.45) is 3.31. The molecule has 0 radical (unpaired) electrons. The van der Waals surface area contributed by atoms with E-state index in [0.29, 0.717) is 9.39 Å². The highest BCUT2D eigenvalue weighted by atomic mass is 127. The van der Waals surface area contributed by atoms with E-state index in [9.17, 15) is 4.79 Å². The van der Waals surface area contributed by atoms with Crippen LogP contribution in [0, 0.1) is 3.57 Å². The van der Waals surface area contributed by atoms with Gasteiger partial charge in [0, 0.05) is 18.0 Å². The molecule has 0 aliphatic carbocycles. The number of halogens is 1. The Balaban J connectivity index is 2.20. The molecule has 0 aliphatic heterocycles. The zero-order valence-electron chi connectivity index (χ0n) is 11.6. The average molecular weight is 392 g/mol. The molecule has 0 aliphatic rings. The van der Waals surface area contributed by atoms with Crippen molar-refractivity contribution in [1.82, 2.24) is 19.9 Å². The van der Waals surface area contributed by atoms with Crippen molar-refractivity contribution < 1.29 is 0 Å². The van der Waals surface area contributed by atoms with Crippen LogP contribution < -0.4 is 5.56 Å². The van der Waals surface area contributed by atoms with Crippen LogP contribution in [-0.2, 0) is 0 Å². The molecule has 2 aromatic heterocycles. The molecule has 5 nitrogen and oxygen atoms in total. The number of nitrogens with zero attached hydrogens (tertiary/aromatic N) is 3. The van der Waals surface area contributed by atoms with Gasteiger partial charge in [0.2, 0.25) is 0 Å². The van der Waals surface area contributed by atoms with Crippen LogP contribution in [0.2, 0.25) is 0 Å². The second-order valence-electron chi connectivity index (χ2n) is 5.03. The molecule has 6 heteroatoms. The van der Waals surface area contributed by atoms with Gasteiger partial charge in [0.05, 0.1) is 20.3 Å². The zero-order chi connectivity index (χ0) is 15.0. The molecule has 0 unspecified atom stereocenters. The number of hydrogen-bond acceptors (Lipinski definition) is 4. The molecule has 0 saturated heterocycles. The van der Waals surface area contributed by atoms with Crippen LogP contribution in [0.25, 0.3) is 22.4 Å². The molecule has 0 bridgehead atoms. The van der Waals surface area contributed by atoms with Crippen molar-refractivity contribution >= 4 is 33.6 Å². The molecule has 0 saturated carbocycles. The van der Waals surface area contributed by atoms with E-state index in [2.05, 4.69) is 19.9 Å². The first-order valence-electron chi connectivity index (χ1n) is 6.57. The third-order valence-electron chi connectivity index (χ3n) is 3.18. The molecular formula is C15H13IN4O. The molecule has 0 spiro atoms. The smallest absolute Gasteiger partial charge is 0.264 e. The Morgan fingerprint density at radius 2 is 1.86 bits per heavy atom. The second kappa shape index (κ2) is 5.51. The number of benzene rings is 1. The predicted molar refractivity (Wildman–Crippen MR) is 90.2 cm³/mol. The molecule has 3 rings (SSSR count). The first-order chi connectivity index (χ1) is 10.1.